The molecule has 0 aliphatic heterocycles. The van der Waals surface area contributed by atoms with Crippen molar-refractivity contribution in [3.8, 4) is 0 Å². The maximum absolute atomic E-state index is 13.4. The van der Waals surface area contributed by atoms with Gasteiger partial charge in [0.25, 0.3) is 0 Å². The van der Waals surface area contributed by atoms with Crippen LogP contribution >= 0.6 is 12.2 Å². The molecule has 0 bridgehead atoms. The van der Waals surface area contributed by atoms with Crippen molar-refractivity contribution < 1.29 is 14.0 Å². The second-order valence-electron chi connectivity index (χ2n) is 3.42. The van der Waals surface area contributed by atoms with Crippen LogP contribution in [0, 0.1) is 5.82 Å². The first-order valence-electron chi connectivity index (χ1n) is 5.62. The van der Waals surface area contributed by atoms with Crippen LogP contribution in [0.2, 0.25) is 0 Å². The van der Waals surface area contributed by atoms with E-state index in [1.807, 2.05) is 0 Å². The molecule has 98 valence electrons. The van der Waals surface area contributed by atoms with Gasteiger partial charge in [0.15, 0.2) is 0 Å². The van der Waals surface area contributed by atoms with Crippen molar-refractivity contribution in [2.24, 2.45) is 0 Å². The van der Waals surface area contributed by atoms with Crippen LogP contribution in [0.4, 0.5) is 10.1 Å². The summed E-state index contributed by atoms with van der Waals surface area (Å²) in [6.45, 7) is 3.84. The van der Waals surface area contributed by atoms with Crippen LogP contribution in [-0.2, 0) is 9.63 Å². The molecule has 18 heavy (non-hydrogen) atoms. The van der Waals surface area contributed by atoms with Gasteiger partial charge >= 0.3 is 5.97 Å². The van der Waals surface area contributed by atoms with Crippen molar-refractivity contribution in [2.45, 2.75) is 20.3 Å². The molecule has 0 aliphatic rings. The Morgan fingerprint density at radius 2 is 2.11 bits per heavy atom. The van der Waals surface area contributed by atoms with Gasteiger partial charge in [-0.25, -0.2) is 9.18 Å². The third-order valence-electron chi connectivity index (χ3n) is 2.13. The third-order valence-corrected chi connectivity index (χ3v) is 2.44. The zero-order chi connectivity index (χ0) is 13.5. The molecule has 0 unspecified atom stereocenters. The van der Waals surface area contributed by atoms with Crippen molar-refractivity contribution in [2.75, 3.05) is 11.9 Å². The average molecular weight is 270 g/mol. The molecule has 4 nitrogen and oxygen atoms in total. The molecule has 0 aliphatic carbocycles. The minimum atomic E-state index is -0.419. The highest BCUT2D eigenvalue weighted by Crippen LogP contribution is 2.13. The highest BCUT2D eigenvalue weighted by molar-refractivity contribution is 7.80. The Labute approximate surface area is 111 Å². The molecule has 1 N–H and O–H groups in total. The van der Waals surface area contributed by atoms with E-state index in [0.29, 0.717) is 6.54 Å². The monoisotopic (exact) mass is 270 g/mol. The maximum Gasteiger partial charge on any atom is 0.332 e. The molecular formula is C12H15FN2O2S. The molecular weight excluding hydrogens is 255 g/mol. The summed E-state index contributed by atoms with van der Waals surface area (Å²) in [7, 11) is 0. The predicted molar refractivity (Wildman–Crippen MR) is 71.4 cm³/mol. The summed E-state index contributed by atoms with van der Waals surface area (Å²) in [6.07, 6.45) is 0.249. The molecule has 0 aromatic heterocycles. The maximum atomic E-state index is 13.4. The normalized spacial score (nSPS) is 9.72. The second kappa shape index (κ2) is 6.90. The van der Waals surface area contributed by atoms with Crippen LogP contribution in [0.25, 0.3) is 0 Å². The van der Waals surface area contributed by atoms with Crippen molar-refractivity contribution in [1.82, 2.24) is 5.06 Å². The smallest absolute Gasteiger partial charge is 0.332 e. The number of rotatable bonds is 3. The number of hydrogen-bond donors (Lipinski definition) is 1. The molecule has 0 atom stereocenters. The molecule has 0 saturated heterocycles. The Bertz CT molecular complexity index is 440. The van der Waals surface area contributed by atoms with E-state index in [2.05, 4.69) is 5.32 Å². The van der Waals surface area contributed by atoms with E-state index in [-0.39, 0.29) is 17.2 Å². The Morgan fingerprint density at radius 3 is 2.67 bits per heavy atom. The number of para-hydroxylation sites is 1. The van der Waals surface area contributed by atoms with Gasteiger partial charge in [-0.3, -0.25) is 0 Å². The number of thiocarbonyl (C=S) groups is 1. The first-order chi connectivity index (χ1) is 8.58. The Morgan fingerprint density at radius 1 is 1.44 bits per heavy atom. The van der Waals surface area contributed by atoms with Crippen LogP contribution in [0.15, 0.2) is 24.3 Å². The lowest BCUT2D eigenvalue weighted by molar-refractivity contribution is -0.171. The summed E-state index contributed by atoms with van der Waals surface area (Å²) in [4.78, 5) is 16.2. The van der Waals surface area contributed by atoms with Crippen LogP contribution in [0.1, 0.15) is 20.3 Å². The molecule has 0 radical (unpaired) electrons. The van der Waals surface area contributed by atoms with Crippen molar-refractivity contribution in [1.29, 1.82) is 0 Å². The number of nitrogens with one attached hydrogen (secondary N) is 1. The topological polar surface area (TPSA) is 41.6 Å². The zero-order valence-electron chi connectivity index (χ0n) is 10.3. The van der Waals surface area contributed by atoms with Gasteiger partial charge in [0.2, 0.25) is 5.11 Å². The van der Waals surface area contributed by atoms with Crippen LogP contribution in [-0.4, -0.2) is 22.7 Å². The van der Waals surface area contributed by atoms with Gasteiger partial charge in [0, 0.05) is 6.42 Å². The lowest BCUT2D eigenvalue weighted by atomic mass is 10.3. The summed E-state index contributed by atoms with van der Waals surface area (Å²) >= 11 is 5.05. The molecule has 0 saturated carbocycles. The summed E-state index contributed by atoms with van der Waals surface area (Å²) in [6, 6.07) is 6.14. The van der Waals surface area contributed by atoms with E-state index in [0.717, 1.165) is 0 Å². The zero-order valence-corrected chi connectivity index (χ0v) is 11.1. The first kappa shape index (κ1) is 14.4. The molecule has 1 rings (SSSR count). The minimum absolute atomic E-state index is 0.143. The number of carbonyl (C=O) groups excluding carboxylic acids is 1. The van der Waals surface area contributed by atoms with Crippen LogP contribution < -0.4 is 5.32 Å². The third kappa shape index (κ3) is 3.96. The lowest BCUT2D eigenvalue weighted by Gasteiger charge is -2.22. The van der Waals surface area contributed by atoms with Crippen LogP contribution in [0.5, 0.6) is 0 Å². The fourth-order valence-corrected chi connectivity index (χ4v) is 1.45. The van der Waals surface area contributed by atoms with Gasteiger partial charge in [-0.05, 0) is 31.3 Å². The SMILES string of the molecule is CCC(=O)ON(CC)C(=S)Nc1ccccc1F. The van der Waals surface area contributed by atoms with Crippen molar-refractivity contribution >= 4 is 29.0 Å². The van der Waals surface area contributed by atoms with Gasteiger partial charge in [-0.15, -0.1) is 0 Å². The highest BCUT2D eigenvalue weighted by Gasteiger charge is 2.13. The van der Waals surface area contributed by atoms with Gasteiger partial charge < -0.3 is 10.2 Å². The number of benzene rings is 1. The number of nitrogens with zero attached hydrogens (tertiary/aromatic N) is 1. The number of carbonyl (C=O) groups is 1. The number of anilines is 1. The van der Waals surface area contributed by atoms with E-state index >= 15 is 0 Å². The van der Waals surface area contributed by atoms with E-state index in [1.54, 1.807) is 32.0 Å². The van der Waals surface area contributed by atoms with Crippen LogP contribution in [0.3, 0.4) is 0 Å². The molecule has 0 amide bonds. The summed E-state index contributed by atoms with van der Waals surface area (Å²) in [5.74, 6) is -0.813. The van der Waals surface area contributed by atoms with Crippen molar-refractivity contribution in [3.05, 3.63) is 30.1 Å². The summed E-state index contributed by atoms with van der Waals surface area (Å²) in [5.41, 5.74) is 0.244. The number of halogens is 1. The van der Waals surface area contributed by atoms with E-state index in [9.17, 15) is 9.18 Å². The van der Waals surface area contributed by atoms with Gasteiger partial charge in [-0.1, -0.05) is 19.1 Å². The van der Waals surface area contributed by atoms with E-state index in [1.165, 1.54) is 11.1 Å². The molecule has 0 fully saturated rings. The van der Waals surface area contributed by atoms with Gasteiger partial charge in [-0.2, -0.15) is 5.06 Å². The number of hydrogen-bond acceptors (Lipinski definition) is 3. The molecule has 0 spiro atoms. The standard InChI is InChI=1S/C12H15FN2O2S/c1-3-11(16)17-15(4-2)12(18)14-10-8-6-5-7-9(10)13/h5-8H,3-4H2,1-2H3,(H,14,18). The lowest BCUT2D eigenvalue weighted by Crippen LogP contribution is -2.36. The van der Waals surface area contributed by atoms with Gasteiger partial charge in [0.1, 0.15) is 5.82 Å². The molecule has 6 heteroatoms. The Hall–Kier alpha value is -1.69. The summed E-state index contributed by atoms with van der Waals surface area (Å²) < 4.78 is 13.4. The quantitative estimate of drug-likeness (QED) is 0.675. The average Bonchev–Trinajstić information content (AvgIpc) is 2.38. The second-order valence-corrected chi connectivity index (χ2v) is 3.81. The predicted octanol–water partition coefficient (Wildman–Crippen LogP) is 2.71. The molecule has 1 aromatic rings. The number of hydroxylamine groups is 2. The van der Waals surface area contributed by atoms with Gasteiger partial charge in [0.05, 0.1) is 12.2 Å². The van der Waals surface area contributed by atoms with E-state index in [4.69, 9.17) is 17.1 Å². The fraction of sp³-hybridized carbons (Fsp3) is 0.333. The van der Waals surface area contributed by atoms with E-state index < -0.39 is 11.8 Å². The highest BCUT2D eigenvalue weighted by atomic mass is 32.1. The van der Waals surface area contributed by atoms with Crippen molar-refractivity contribution in [3.63, 3.8) is 0 Å². The Balaban J connectivity index is 2.68. The molecule has 0 heterocycles. The largest absolute Gasteiger partial charge is 0.339 e. The minimum Gasteiger partial charge on any atom is -0.339 e. The summed E-state index contributed by atoms with van der Waals surface area (Å²) in [5, 5.41) is 4.05. The molecule has 1 aromatic carbocycles. The Kier molecular flexibility index (Phi) is 5.51. The first-order valence-corrected chi connectivity index (χ1v) is 6.03. The fourth-order valence-electron chi connectivity index (χ4n) is 1.18.